The fourth-order valence-electron chi connectivity index (χ4n) is 9.18. The van der Waals surface area contributed by atoms with E-state index in [4.69, 9.17) is 60.8 Å². The molecule has 0 spiro atoms. The summed E-state index contributed by atoms with van der Waals surface area (Å²) in [6.45, 7) is 18.6. The molecule has 7 unspecified atom stereocenters. The minimum Gasteiger partial charge on any atom is -0.463 e. The minimum atomic E-state index is -0.821. The van der Waals surface area contributed by atoms with Crippen molar-refractivity contribution in [1.29, 1.82) is 0 Å². The van der Waals surface area contributed by atoms with Crippen LogP contribution >= 0.6 is 80.5 Å². The van der Waals surface area contributed by atoms with Crippen LogP contribution in [-0.2, 0) is 47.5 Å². The van der Waals surface area contributed by atoms with Gasteiger partial charge in [0.1, 0.15) is 51.8 Å². The van der Waals surface area contributed by atoms with Gasteiger partial charge in [-0.1, -0.05) is 92.9 Å². The number of carbonyl (C=O) groups is 7. The first-order valence-electron chi connectivity index (χ1n) is 39.2. The number of carbonyl (C=O) groups excluding carboxylic acids is 7. The van der Waals surface area contributed by atoms with E-state index < -0.39 is 61.0 Å². The van der Waals surface area contributed by atoms with Crippen LogP contribution in [0.5, 0.6) is 0 Å². The number of alkyl carbamates (subject to hydrolysis) is 2. The summed E-state index contributed by atoms with van der Waals surface area (Å²) in [6.07, 6.45) is 15.7. The van der Waals surface area contributed by atoms with E-state index in [0.29, 0.717) is 75.6 Å². The van der Waals surface area contributed by atoms with Gasteiger partial charge in [-0.05, 0) is 177 Å². The minimum absolute atomic E-state index is 0. The molecule has 0 aromatic heterocycles. The molecule has 16 N–H and O–H groups in total. The maximum absolute atomic E-state index is 13.0. The summed E-state index contributed by atoms with van der Waals surface area (Å²) >= 11 is 10.8. The molecule has 36 heteroatoms. The van der Waals surface area contributed by atoms with Gasteiger partial charge in [0.25, 0.3) is 0 Å². The molecule has 2 fully saturated rings. The molecule has 7 atom stereocenters. The van der Waals surface area contributed by atoms with E-state index in [9.17, 15) is 54.0 Å². The van der Waals surface area contributed by atoms with Gasteiger partial charge in [0.2, 0.25) is 5.91 Å². The van der Waals surface area contributed by atoms with Gasteiger partial charge in [0, 0.05) is 102 Å². The maximum atomic E-state index is 13.0. The number of amides is 4. The molecule has 0 aromatic carbocycles. The second-order valence-corrected chi connectivity index (χ2v) is 34.9. The molecule has 0 aromatic rings. The van der Waals surface area contributed by atoms with Gasteiger partial charge in [-0.15, -0.1) is 0 Å². The molecular formula is C73H148N9O19PS6U. The first-order chi connectivity index (χ1) is 51.6. The molecule has 2 saturated heterocycles. The summed E-state index contributed by atoms with van der Waals surface area (Å²) in [5.41, 5.74) is 20.9. The fraction of sp³-hybridized carbons (Fsp3) is 0.904. The molecule has 28 nitrogen and oxygen atoms in total. The SMILES string of the molecule is CC(C)SCCC(O)COC(=O)CCCN(CCNC(=O)OCC(O)CCSCCCCCCSCCC(O)COC(=O)NCCCCCCNC(=O)C(C)C)C(=O)OCC(O)CCSC(C)C.NCCCCCCN.NCCNCCN.O=C1OCC(CCSCCCCCCSCCC2COC(=O)O2)O1.P.[U]. The van der Waals surface area contributed by atoms with E-state index in [1.807, 2.05) is 37.4 Å². The quantitative estimate of drug-likeness (QED) is 0.0117. The van der Waals surface area contributed by atoms with Crippen molar-refractivity contribution in [3.05, 3.63) is 0 Å². The van der Waals surface area contributed by atoms with Crippen molar-refractivity contribution in [2.45, 2.75) is 243 Å². The first-order valence-corrected chi connectivity index (χ1v) is 45.9. The number of thioether (sulfide) groups is 6. The molecular weight excluding hydrogens is 1770 g/mol. The van der Waals surface area contributed by atoms with Crippen molar-refractivity contribution in [2.75, 3.05) is 169 Å². The average molecular weight is 1920 g/mol. The summed E-state index contributed by atoms with van der Waals surface area (Å²) < 4.78 is 40.3. The molecule has 0 saturated carbocycles. The Hall–Kier alpha value is -1.49. The summed E-state index contributed by atoms with van der Waals surface area (Å²) in [6, 6.07) is 0. The third-order valence-electron chi connectivity index (χ3n) is 15.5. The molecule has 2 heterocycles. The molecule has 2 aliphatic rings. The monoisotopic (exact) mass is 1920 g/mol. The number of aliphatic hydroxyl groups excluding tert-OH is 4. The summed E-state index contributed by atoms with van der Waals surface area (Å²) in [7, 11) is 0. The summed E-state index contributed by atoms with van der Waals surface area (Å²) in [5.74, 6) is 8.92. The normalized spacial score (nSPS) is 14.6. The largest absolute Gasteiger partial charge is 0.508 e. The molecule has 2 rings (SSSR count). The maximum Gasteiger partial charge on any atom is 0.508 e. The zero-order valence-electron chi connectivity index (χ0n) is 67.1. The number of nitrogens with one attached hydrogen (secondary N) is 4. The van der Waals surface area contributed by atoms with Gasteiger partial charge in [-0.2, -0.15) is 80.5 Å². The van der Waals surface area contributed by atoms with Crippen molar-refractivity contribution in [3.63, 3.8) is 0 Å². The van der Waals surface area contributed by atoms with Crippen LogP contribution in [0.4, 0.5) is 24.0 Å². The second kappa shape index (κ2) is 84.4. The summed E-state index contributed by atoms with van der Waals surface area (Å²) in [4.78, 5) is 83.9. The Balaban J connectivity index is -0.00000108. The number of nitrogens with zero attached hydrogens (tertiary/aromatic N) is 1. The smallest absolute Gasteiger partial charge is 0.463 e. The Morgan fingerprint density at radius 2 is 0.826 bits per heavy atom. The number of hydrogen-bond acceptors (Lipinski definition) is 30. The van der Waals surface area contributed by atoms with Crippen LogP contribution in [0.25, 0.3) is 0 Å². The number of aliphatic hydroxyl groups is 4. The van der Waals surface area contributed by atoms with Gasteiger partial charge in [-0.25, -0.2) is 24.0 Å². The van der Waals surface area contributed by atoms with Crippen LogP contribution in [0.2, 0.25) is 0 Å². The predicted molar refractivity (Wildman–Crippen MR) is 452 cm³/mol. The van der Waals surface area contributed by atoms with E-state index in [2.05, 4.69) is 49.0 Å². The van der Waals surface area contributed by atoms with E-state index in [-0.39, 0.29) is 124 Å². The Morgan fingerprint density at radius 1 is 0.450 bits per heavy atom. The van der Waals surface area contributed by atoms with Gasteiger partial charge in [0.05, 0.1) is 24.4 Å². The zero-order valence-corrected chi connectivity index (χ0v) is 77.6. The molecule has 0 aliphatic carbocycles. The van der Waals surface area contributed by atoms with E-state index in [1.54, 1.807) is 47.0 Å². The Kier molecular flexibility index (Phi) is 88.2. The molecule has 0 bridgehead atoms. The average Bonchev–Trinajstić information content (AvgIpc) is 1.91. The number of rotatable bonds is 66. The van der Waals surface area contributed by atoms with Crippen molar-refractivity contribution < 1.29 is 123 Å². The number of nitrogens with two attached hydrogens (primary N) is 4. The van der Waals surface area contributed by atoms with Gasteiger partial charge < -0.3 is 107 Å². The third-order valence-corrected chi connectivity index (χ3v) is 22.2. The van der Waals surface area contributed by atoms with Crippen LogP contribution in [-0.4, -0.2) is 284 Å². The molecule has 2 aliphatic heterocycles. The Labute approximate surface area is 707 Å². The number of hydrogen-bond donors (Lipinski definition) is 12. The van der Waals surface area contributed by atoms with E-state index in [0.717, 1.165) is 149 Å². The number of ether oxygens (including phenoxy) is 8. The number of unbranched alkanes of at least 4 members (excludes halogenated alkanes) is 12. The van der Waals surface area contributed by atoms with Gasteiger partial charge in [-0.3, -0.25) is 9.59 Å². The molecule has 644 valence electrons. The van der Waals surface area contributed by atoms with Crippen molar-refractivity contribution in [3.8, 4) is 0 Å². The van der Waals surface area contributed by atoms with Gasteiger partial charge >= 0.3 is 36.6 Å². The molecule has 4 amide bonds. The Bertz CT molecular complexity index is 2090. The summed E-state index contributed by atoms with van der Waals surface area (Å²) in [5, 5.41) is 53.0. The molecule has 0 radical (unpaired) electrons. The van der Waals surface area contributed by atoms with E-state index in [1.165, 1.54) is 54.9 Å². The van der Waals surface area contributed by atoms with Crippen molar-refractivity contribution >= 4 is 123 Å². The van der Waals surface area contributed by atoms with Crippen LogP contribution in [0.1, 0.15) is 196 Å². The van der Waals surface area contributed by atoms with Gasteiger partial charge in [0.15, 0.2) is 0 Å². The topological polar surface area (TPSA) is 430 Å². The third kappa shape index (κ3) is 82.8. The number of esters is 1. The van der Waals surface area contributed by atoms with Crippen molar-refractivity contribution in [1.82, 2.24) is 26.2 Å². The Morgan fingerprint density at radius 3 is 1.22 bits per heavy atom. The van der Waals surface area contributed by atoms with E-state index >= 15 is 0 Å². The predicted octanol–water partition coefficient (Wildman–Crippen LogP) is 9.73. The van der Waals surface area contributed by atoms with Crippen LogP contribution in [0, 0.1) is 37.0 Å². The van der Waals surface area contributed by atoms with Crippen LogP contribution in [0.15, 0.2) is 0 Å². The van der Waals surface area contributed by atoms with Crippen LogP contribution < -0.4 is 44.2 Å². The zero-order chi connectivity index (χ0) is 79.6. The van der Waals surface area contributed by atoms with Crippen molar-refractivity contribution in [2.24, 2.45) is 28.9 Å². The standard InChI is InChI=1S/C47H90N4O13S4.C16H26O6S2.C6H16N2.C4H13N3.H3P.U/c1-36(2)44(57)48-21-11-7-8-12-22-49-45(58)62-33-39(52)17-28-65-26-13-9-10-14-27-66-29-18-40(53)34-63-46(59)50-23-25-51(47(60)64-35-42(55)20-31-68-38(5)6)24-15-16-43(56)61-32-41(54)19-30-67-37(3)4;17-15-19-11-13(21-15)5-9-23-7-3-1-2-4-8-24-10-6-14-12-20-16(18)22-14;7-5-3-1-2-4-6-8;5-1-3-7-4-2-6;;/h36-42,52-55H,7-35H2,1-6H3,(H,48,57)(H,49,58)(H,50,59);13-14H,1-12H2;1-8H2;7H,1-6H2;1H3;. The number of cyclic esters (lactones) is 4. The second-order valence-electron chi connectivity index (χ2n) is 26.6. The first kappa shape index (κ1) is 114. The fourth-order valence-corrected chi connectivity index (χ4v) is 15.1. The van der Waals surface area contributed by atoms with Crippen LogP contribution in [0.3, 0.4) is 0 Å². The molecule has 109 heavy (non-hydrogen) atoms.